The molecule has 0 aromatic rings. The Morgan fingerprint density at radius 1 is 0.410 bits per heavy atom. The van der Waals surface area contributed by atoms with E-state index in [1.807, 2.05) is 6.08 Å². The number of hydrogen-bond acceptors (Lipinski definition) is 4. The van der Waals surface area contributed by atoms with Gasteiger partial charge in [0, 0.05) is 0 Å². The van der Waals surface area contributed by atoms with Gasteiger partial charge in [-0.25, -0.2) is 0 Å². The van der Waals surface area contributed by atoms with Crippen molar-refractivity contribution < 1.29 is 20.1 Å². The van der Waals surface area contributed by atoms with Crippen molar-refractivity contribution in [1.82, 2.24) is 5.32 Å². The first kappa shape index (κ1) is 59.6. The number of carbonyl (C=O) groups is 1. The van der Waals surface area contributed by atoms with Gasteiger partial charge in [-0.15, -0.1) is 0 Å². The second kappa shape index (κ2) is 51.2. The van der Waals surface area contributed by atoms with Gasteiger partial charge in [-0.3, -0.25) is 4.79 Å². The van der Waals surface area contributed by atoms with Crippen LogP contribution in [-0.2, 0) is 4.79 Å². The summed E-state index contributed by atoms with van der Waals surface area (Å²) in [5, 5.41) is 33.4. The van der Waals surface area contributed by atoms with Crippen molar-refractivity contribution in [3.05, 3.63) is 36.5 Å². The fraction of sp³-hybridized carbons (Fsp3) is 0.875. The van der Waals surface area contributed by atoms with Crippen LogP contribution in [0.25, 0.3) is 0 Å². The first-order valence-electron chi connectivity index (χ1n) is 27.3. The summed E-state index contributed by atoms with van der Waals surface area (Å²) in [5.41, 5.74) is 0. The molecule has 0 fully saturated rings. The summed E-state index contributed by atoms with van der Waals surface area (Å²) < 4.78 is 0. The molecule has 1 amide bonds. The molecule has 0 aromatic carbocycles. The second-order valence-corrected chi connectivity index (χ2v) is 18.8. The van der Waals surface area contributed by atoms with Crippen molar-refractivity contribution in [2.75, 3.05) is 6.61 Å². The van der Waals surface area contributed by atoms with Crippen LogP contribution >= 0.6 is 0 Å². The maximum Gasteiger partial charge on any atom is 0.222 e. The normalized spacial score (nSPS) is 13.6. The largest absolute Gasteiger partial charge is 0.394 e. The van der Waals surface area contributed by atoms with Gasteiger partial charge in [-0.1, -0.05) is 275 Å². The number of hydrogen-bond donors (Lipinski definition) is 4. The molecule has 4 N–H and O–H groups in total. The molecule has 0 radical (unpaired) electrons. The van der Waals surface area contributed by atoms with E-state index < -0.39 is 18.2 Å². The maximum atomic E-state index is 12.5. The highest BCUT2D eigenvalue weighted by Gasteiger charge is 2.20. The Bertz CT molecular complexity index is 947. The van der Waals surface area contributed by atoms with Crippen LogP contribution in [0.2, 0.25) is 0 Å². The van der Waals surface area contributed by atoms with Crippen LogP contribution in [0.4, 0.5) is 0 Å². The van der Waals surface area contributed by atoms with Crippen LogP contribution < -0.4 is 5.32 Å². The summed E-state index contributed by atoms with van der Waals surface area (Å²) >= 11 is 0. The second-order valence-electron chi connectivity index (χ2n) is 18.8. The van der Waals surface area contributed by atoms with Gasteiger partial charge < -0.3 is 20.6 Å². The number of aliphatic hydroxyl groups is 3. The van der Waals surface area contributed by atoms with E-state index in [1.165, 1.54) is 225 Å². The van der Waals surface area contributed by atoms with E-state index >= 15 is 0 Å². The van der Waals surface area contributed by atoms with E-state index in [-0.39, 0.29) is 18.9 Å². The van der Waals surface area contributed by atoms with E-state index in [9.17, 15) is 20.1 Å². The zero-order chi connectivity index (χ0) is 44.4. The SMILES string of the molecule is CCCCCCCCCCCCCCC/C=C/CC/C=C/CC/C=C/C(O)C(CO)NC(=O)CC(O)CCCCCCCCCCCCCCCCCCCCCCCCC. The number of aliphatic hydroxyl groups excluding tert-OH is 3. The van der Waals surface area contributed by atoms with Crippen molar-refractivity contribution in [2.45, 2.75) is 308 Å². The lowest BCUT2D eigenvalue weighted by atomic mass is 10.0. The quantitative estimate of drug-likeness (QED) is 0.0362. The average molecular weight is 858 g/mol. The van der Waals surface area contributed by atoms with Crippen LogP contribution in [0, 0.1) is 0 Å². The van der Waals surface area contributed by atoms with Crippen molar-refractivity contribution in [1.29, 1.82) is 0 Å². The molecule has 0 aliphatic carbocycles. The molecule has 0 bridgehead atoms. The Labute approximate surface area is 381 Å². The maximum absolute atomic E-state index is 12.5. The van der Waals surface area contributed by atoms with Gasteiger partial charge in [0.05, 0.1) is 31.3 Å². The van der Waals surface area contributed by atoms with Crippen LogP contribution in [0.5, 0.6) is 0 Å². The van der Waals surface area contributed by atoms with Gasteiger partial charge in [0.15, 0.2) is 0 Å². The van der Waals surface area contributed by atoms with E-state index in [0.717, 1.165) is 38.5 Å². The molecule has 3 atom stereocenters. The number of amides is 1. The van der Waals surface area contributed by atoms with Crippen LogP contribution in [0.15, 0.2) is 36.5 Å². The Hall–Kier alpha value is -1.43. The van der Waals surface area contributed by atoms with Crippen molar-refractivity contribution in [3.63, 3.8) is 0 Å². The fourth-order valence-electron chi connectivity index (χ4n) is 8.49. The number of allylic oxidation sites excluding steroid dienone is 5. The summed E-state index contributed by atoms with van der Waals surface area (Å²) in [7, 11) is 0. The first-order chi connectivity index (χ1) is 30.0. The van der Waals surface area contributed by atoms with Gasteiger partial charge >= 0.3 is 0 Å². The zero-order valence-electron chi connectivity index (χ0n) is 41.1. The topological polar surface area (TPSA) is 89.8 Å². The summed E-state index contributed by atoms with van der Waals surface area (Å²) in [6, 6.07) is -0.766. The van der Waals surface area contributed by atoms with Gasteiger partial charge in [-0.2, -0.15) is 0 Å². The van der Waals surface area contributed by atoms with Crippen LogP contribution in [0.3, 0.4) is 0 Å². The molecule has 0 aliphatic heterocycles. The minimum atomic E-state index is -0.959. The predicted molar refractivity (Wildman–Crippen MR) is 268 cm³/mol. The molecule has 5 nitrogen and oxygen atoms in total. The summed E-state index contributed by atoms with van der Waals surface area (Å²) in [6.45, 7) is 4.23. The smallest absolute Gasteiger partial charge is 0.222 e. The molecule has 61 heavy (non-hydrogen) atoms. The average Bonchev–Trinajstić information content (AvgIpc) is 3.25. The number of nitrogens with one attached hydrogen (secondary N) is 1. The molecule has 0 aliphatic rings. The molecule has 0 aromatic heterocycles. The van der Waals surface area contributed by atoms with Crippen molar-refractivity contribution >= 4 is 5.91 Å². The molecular weight excluding hydrogens is 751 g/mol. The van der Waals surface area contributed by atoms with Gasteiger partial charge in [-0.05, 0) is 44.9 Å². The lowest BCUT2D eigenvalue weighted by molar-refractivity contribution is -0.124. The first-order valence-corrected chi connectivity index (χ1v) is 27.3. The molecule has 0 saturated carbocycles. The molecule has 0 rings (SSSR count). The van der Waals surface area contributed by atoms with Crippen molar-refractivity contribution in [2.24, 2.45) is 0 Å². The molecule has 3 unspecified atom stereocenters. The lowest BCUT2D eigenvalue weighted by Crippen LogP contribution is -2.45. The standard InChI is InChI=1S/C56H107NO4/c1-3-5-7-9-11-13-15-17-19-21-23-25-27-29-31-33-35-37-39-41-43-45-47-49-53(59)51-56(61)57-54(52-58)55(60)50-48-46-44-42-40-38-36-34-32-30-28-26-24-22-20-18-16-14-12-10-8-6-4-2/h32,34,40,42,48,50,53-55,58-60H,3-31,33,35-39,41,43-47,49,51-52H2,1-2H3,(H,57,61)/b34-32+,42-40+,50-48+. The summed E-state index contributed by atoms with van der Waals surface area (Å²) in [6.07, 6.45) is 66.1. The van der Waals surface area contributed by atoms with Crippen LogP contribution in [0.1, 0.15) is 290 Å². The Morgan fingerprint density at radius 2 is 0.705 bits per heavy atom. The van der Waals surface area contributed by atoms with Gasteiger partial charge in [0.25, 0.3) is 0 Å². The monoisotopic (exact) mass is 858 g/mol. The molecule has 0 heterocycles. The van der Waals surface area contributed by atoms with Gasteiger partial charge in [0.2, 0.25) is 5.91 Å². The summed E-state index contributed by atoms with van der Waals surface area (Å²) in [4.78, 5) is 12.5. The lowest BCUT2D eigenvalue weighted by Gasteiger charge is -2.21. The molecule has 0 spiro atoms. The third kappa shape index (κ3) is 47.9. The van der Waals surface area contributed by atoms with Crippen molar-refractivity contribution in [3.8, 4) is 0 Å². The number of unbranched alkanes of at least 4 members (excludes halogenated alkanes) is 37. The fourth-order valence-corrected chi connectivity index (χ4v) is 8.49. The minimum Gasteiger partial charge on any atom is -0.394 e. The highest BCUT2D eigenvalue weighted by atomic mass is 16.3. The van der Waals surface area contributed by atoms with Crippen LogP contribution in [-0.4, -0.2) is 46.1 Å². The highest BCUT2D eigenvalue weighted by Crippen LogP contribution is 2.17. The number of carbonyl (C=O) groups excluding carboxylic acids is 1. The van der Waals surface area contributed by atoms with E-state index in [2.05, 4.69) is 43.5 Å². The molecular formula is C56H107NO4. The van der Waals surface area contributed by atoms with E-state index in [0.29, 0.717) is 6.42 Å². The predicted octanol–water partition coefficient (Wildman–Crippen LogP) is 16.7. The Morgan fingerprint density at radius 3 is 1.05 bits per heavy atom. The Kier molecular flexibility index (Phi) is 50.0. The zero-order valence-corrected chi connectivity index (χ0v) is 41.1. The molecule has 360 valence electrons. The third-order valence-electron chi connectivity index (χ3n) is 12.7. The molecule has 5 heteroatoms. The van der Waals surface area contributed by atoms with Gasteiger partial charge in [0.1, 0.15) is 0 Å². The van der Waals surface area contributed by atoms with E-state index in [4.69, 9.17) is 0 Å². The Balaban J connectivity index is 3.63. The highest BCUT2D eigenvalue weighted by molar-refractivity contribution is 5.76. The number of rotatable bonds is 50. The third-order valence-corrected chi connectivity index (χ3v) is 12.7. The molecule has 0 saturated heterocycles. The minimum absolute atomic E-state index is 0.00562. The van der Waals surface area contributed by atoms with E-state index in [1.54, 1.807) is 6.08 Å². The summed E-state index contributed by atoms with van der Waals surface area (Å²) in [5.74, 6) is -0.325.